The number of aromatic nitrogens is 2. The molecule has 0 saturated carbocycles. The number of rotatable bonds is 6. The van der Waals surface area contributed by atoms with Crippen LogP contribution in [0.3, 0.4) is 0 Å². The van der Waals surface area contributed by atoms with Crippen LogP contribution in [-0.2, 0) is 6.54 Å². The van der Waals surface area contributed by atoms with Crippen LogP contribution in [0.15, 0.2) is 60.7 Å². The molecule has 25 heavy (non-hydrogen) atoms. The Kier molecular flexibility index (Phi) is 5.14. The van der Waals surface area contributed by atoms with E-state index in [1.807, 2.05) is 62.5 Å². The van der Waals surface area contributed by atoms with Gasteiger partial charge in [0, 0.05) is 25.4 Å². The van der Waals surface area contributed by atoms with Gasteiger partial charge in [-0.15, -0.1) is 0 Å². The van der Waals surface area contributed by atoms with E-state index in [4.69, 9.17) is 4.74 Å². The Morgan fingerprint density at radius 2 is 1.72 bits per heavy atom. The molecule has 3 aromatic rings. The second-order valence-electron chi connectivity index (χ2n) is 5.86. The van der Waals surface area contributed by atoms with Crippen molar-refractivity contribution >= 4 is 17.5 Å². The molecule has 0 atom stereocenters. The first kappa shape index (κ1) is 16.8. The molecule has 0 aliphatic carbocycles. The van der Waals surface area contributed by atoms with E-state index in [1.165, 1.54) is 5.56 Å². The third kappa shape index (κ3) is 4.26. The van der Waals surface area contributed by atoms with Crippen LogP contribution in [0.25, 0.3) is 0 Å². The summed E-state index contributed by atoms with van der Waals surface area (Å²) >= 11 is 0. The van der Waals surface area contributed by atoms with Crippen LogP contribution in [0, 0.1) is 6.92 Å². The van der Waals surface area contributed by atoms with E-state index in [0.29, 0.717) is 5.95 Å². The lowest BCUT2D eigenvalue weighted by atomic mass is 10.2. The van der Waals surface area contributed by atoms with Gasteiger partial charge in [-0.2, -0.15) is 4.98 Å². The number of nitrogens with zero attached hydrogens (tertiary/aromatic N) is 3. The number of nitrogens with one attached hydrogen (secondary N) is 1. The van der Waals surface area contributed by atoms with Gasteiger partial charge in [-0.1, -0.05) is 42.5 Å². The summed E-state index contributed by atoms with van der Waals surface area (Å²) in [6, 6.07) is 20.0. The van der Waals surface area contributed by atoms with E-state index in [0.717, 1.165) is 29.5 Å². The smallest absolute Gasteiger partial charge is 0.229 e. The zero-order chi connectivity index (χ0) is 17.6. The highest BCUT2D eigenvalue weighted by Gasteiger charge is 2.09. The normalized spacial score (nSPS) is 10.4. The summed E-state index contributed by atoms with van der Waals surface area (Å²) in [5.41, 5.74) is 2.98. The number of para-hydroxylation sites is 2. The lowest BCUT2D eigenvalue weighted by Crippen LogP contribution is -2.18. The van der Waals surface area contributed by atoms with Gasteiger partial charge < -0.3 is 15.0 Å². The third-order valence-corrected chi connectivity index (χ3v) is 3.85. The first-order chi connectivity index (χ1) is 12.2. The monoisotopic (exact) mass is 334 g/mol. The molecule has 0 fully saturated rings. The van der Waals surface area contributed by atoms with Crippen molar-refractivity contribution in [3.8, 4) is 5.75 Å². The number of benzene rings is 2. The summed E-state index contributed by atoms with van der Waals surface area (Å²) in [6.45, 7) is 2.75. The average Bonchev–Trinajstić information content (AvgIpc) is 2.62. The van der Waals surface area contributed by atoms with Crippen molar-refractivity contribution in [2.75, 3.05) is 24.4 Å². The molecule has 1 N–H and O–H groups in total. The van der Waals surface area contributed by atoms with E-state index in [1.54, 1.807) is 7.11 Å². The molecule has 1 heterocycles. The standard InChI is InChI=1S/C20H22N4O/c1-15-13-19(24(2)14-16-9-5-4-6-10-16)23-20(21-15)22-17-11-7-8-12-18(17)25-3/h4-13H,14H2,1-3H3,(H,21,22,23). The summed E-state index contributed by atoms with van der Waals surface area (Å²) in [6.07, 6.45) is 0. The van der Waals surface area contributed by atoms with Crippen molar-refractivity contribution in [1.29, 1.82) is 0 Å². The summed E-state index contributed by atoms with van der Waals surface area (Å²) in [4.78, 5) is 11.2. The zero-order valence-corrected chi connectivity index (χ0v) is 14.7. The van der Waals surface area contributed by atoms with E-state index in [2.05, 4.69) is 32.3 Å². The van der Waals surface area contributed by atoms with Crippen LogP contribution < -0.4 is 15.0 Å². The van der Waals surface area contributed by atoms with Gasteiger partial charge in [-0.25, -0.2) is 4.98 Å². The SMILES string of the molecule is COc1ccccc1Nc1nc(C)cc(N(C)Cc2ccccc2)n1. The Hall–Kier alpha value is -3.08. The molecule has 0 saturated heterocycles. The molecule has 5 nitrogen and oxygen atoms in total. The highest BCUT2D eigenvalue weighted by molar-refractivity contribution is 5.63. The number of ether oxygens (including phenoxy) is 1. The number of aryl methyl sites for hydroxylation is 1. The molecule has 0 aliphatic heterocycles. The molecular weight excluding hydrogens is 312 g/mol. The van der Waals surface area contributed by atoms with E-state index in [-0.39, 0.29) is 0 Å². The minimum atomic E-state index is 0.555. The average molecular weight is 334 g/mol. The second-order valence-corrected chi connectivity index (χ2v) is 5.86. The molecule has 128 valence electrons. The number of hydrogen-bond donors (Lipinski definition) is 1. The highest BCUT2D eigenvalue weighted by atomic mass is 16.5. The van der Waals surface area contributed by atoms with Gasteiger partial charge in [-0.3, -0.25) is 0 Å². The third-order valence-electron chi connectivity index (χ3n) is 3.85. The fourth-order valence-corrected chi connectivity index (χ4v) is 2.61. The minimum Gasteiger partial charge on any atom is -0.495 e. The van der Waals surface area contributed by atoms with Crippen LogP contribution in [0.5, 0.6) is 5.75 Å². The molecule has 1 aromatic heterocycles. The Balaban J connectivity index is 1.82. The van der Waals surface area contributed by atoms with Gasteiger partial charge in [0.05, 0.1) is 12.8 Å². The lowest BCUT2D eigenvalue weighted by Gasteiger charge is -2.19. The van der Waals surface area contributed by atoms with Crippen LogP contribution in [-0.4, -0.2) is 24.1 Å². The van der Waals surface area contributed by atoms with Crippen molar-refractivity contribution < 1.29 is 4.74 Å². The van der Waals surface area contributed by atoms with Crippen molar-refractivity contribution in [1.82, 2.24) is 9.97 Å². The zero-order valence-electron chi connectivity index (χ0n) is 14.7. The summed E-state index contributed by atoms with van der Waals surface area (Å²) in [7, 11) is 3.68. The Labute approximate surface area is 148 Å². The molecule has 0 aliphatic rings. The first-order valence-electron chi connectivity index (χ1n) is 8.16. The minimum absolute atomic E-state index is 0.555. The van der Waals surface area contributed by atoms with Crippen LogP contribution >= 0.6 is 0 Å². The molecule has 0 amide bonds. The van der Waals surface area contributed by atoms with E-state index in [9.17, 15) is 0 Å². The summed E-state index contributed by atoms with van der Waals surface area (Å²) < 4.78 is 5.38. The van der Waals surface area contributed by atoms with E-state index >= 15 is 0 Å². The quantitative estimate of drug-likeness (QED) is 0.733. The Bertz CT molecular complexity index is 836. The fourth-order valence-electron chi connectivity index (χ4n) is 2.61. The Morgan fingerprint density at radius 3 is 2.48 bits per heavy atom. The maximum absolute atomic E-state index is 5.38. The van der Waals surface area contributed by atoms with Gasteiger partial charge >= 0.3 is 0 Å². The number of methoxy groups -OCH3 is 1. The Morgan fingerprint density at radius 1 is 1.00 bits per heavy atom. The van der Waals surface area contributed by atoms with Crippen molar-refractivity contribution in [3.05, 3.63) is 71.9 Å². The molecule has 0 bridgehead atoms. The van der Waals surface area contributed by atoms with Gasteiger partial charge in [0.15, 0.2) is 0 Å². The lowest BCUT2D eigenvalue weighted by molar-refractivity contribution is 0.417. The van der Waals surface area contributed by atoms with Crippen LogP contribution in [0.4, 0.5) is 17.5 Å². The molecule has 3 rings (SSSR count). The summed E-state index contributed by atoms with van der Waals surface area (Å²) in [5, 5.41) is 3.25. The van der Waals surface area contributed by atoms with Gasteiger partial charge in [-0.05, 0) is 24.6 Å². The molecule has 0 spiro atoms. The second kappa shape index (κ2) is 7.66. The molecular formula is C20H22N4O. The van der Waals surface area contributed by atoms with Gasteiger partial charge in [0.25, 0.3) is 0 Å². The van der Waals surface area contributed by atoms with E-state index < -0.39 is 0 Å². The van der Waals surface area contributed by atoms with Crippen LogP contribution in [0.2, 0.25) is 0 Å². The van der Waals surface area contributed by atoms with Crippen molar-refractivity contribution in [3.63, 3.8) is 0 Å². The number of hydrogen-bond acceptors (Lipinski definition) is 5. The van der Waals surface area contributed by atoms with Crippen LogP contribution in [0.1, 0.15) is 11.3 Å². The van der Waals surface area contributed by atoms with Crippen molar-refractivity contribution in [2.24, 2.45) is 0 Å². The molecule has 2 aromatic carbocycles. The molecule has 5 heteroatoms. The van der Waals surface area contributed by atoms with Gasteiger partial charge in [0.2, 0.25) is 5.95 Å². The predicted octanol–water partition coefficient (Wildman–Crippen LogP) is 4.17. The molecule has 0 unspecified atom stereocenters. The topological polar surface area (TPSA) is 50.3 Å². The summed E-state index contributed by atoms with van der Waals surface area (Å²) in [5.74, 6) is 2.18. The van der Waals surface area contributed by atoms with Gasteiger partial charge in [0.1, 0.15) is 11.6 Å². The predicted molar refractivity (Wildman–Crippen MR) is 102 cm³/mol. The van der Waals surface area contributed by atoms with Crippen molar-refractivity contribution in [2.45, 2.75) is 13.5 Å². The largest absolute Gasteiger partial charge is 0.495 e. The maximum Gasteiger partial charge on any atom is 0.229 e. The first-order valence-corrected chi connectivity index (χ1v) is 8.16. The maximum atomic E-state index is 5.38. The fraction of sp³-hybridized carbons (Fsp3) is 0.200. The number of anilines is 3. The highest BCUT2D eigenvalue weighted by Crippen LogP contribution is 2.26. The molecule has 0 radical (unpaired) electrons.